The van der Waals surface area contributed by atoms with Gasteiger partial charge in [-0.3, -0.25) is 9.58 Å². The highest BCUT2D eigenvalue weighted by Crippen LogP contribution is 2.27. The van der Waals surface area contributed by atoms with Gasteiger partial charge in [0.25, 0.3) is 0 Å². The van der Waals surface area contributed by atoms with E-state index in [0.29, 0.717) is 0 Å². The molecule has 1 aliphatic heterocycles. The van der Waals surface area contributed by atoms with Gasteiger partial charge in [0, 0.05) is 19.6 Å². The smallest absolute Gasteiger partial charge is 0.0910 e. The van der Waals surface area contributed by atoms with E-state index in [2.05, 4.69) is 51.8 Å². The molecule has 1 aromatic heterocycles. The van der Waals surface area contributed by atoms with Crippen molar-refractivity contribution in [1.82, 2.24) is 19.6 Å². The standard InChI is InChI=1S/C14H26BrN5O/c1-4-19-7-8-21-12(10-19)13(16)14-11(15)9-17-20(14)6-5-18(2)3/h9,12-13H,4-8,10,16H2,1-3H3. The van der Waals surface area contributed by atoms with Gasteiger partial charge >= 0.3 is 0 Å². The van der Waals surface area contributed by atoms with Gasteiger partial charge in [0.2, 0.25) is 0 Å². The van der Waals surface area contributed by atoms with Gasteiger partial charge in [-0.2, -0.15) is 5.10 Å². The minimum Gasteiger partial charge on any atom is -0.374 e. The van der Waals surface area contributed by atoms with Crippen molar-refractivity contribution in [3.63, 3.8) is 0 Å². The molecule has 1 saturated heterocycles. The van der Waals surface area contributed by atoms with Crippen LogP contribution in [0.4, 0.5) is 0 Å². The Balaban J connectivity index is 2.10. The second-order valence-electron chi connectivity index (χ2n) is 5.73. The van der Waals surface area contributed by atoms with E-state index in [0.717, 1.165) is 49.5 Å². The van der Waals surface area contributed by atoms with Crippen molar-refractivity contribution in [1.29, 1.82) is 0 Å². The minimum absolute atomic E-state index is 0.0183. The van der Waals surface area contributed by atoms with E-state index in [-0.39, 0.29) is 12.1 Å². The highest BCUT2D eigenvalue weighted by Gasteiger charge is 2.29. The number of halogens is 1. The normalized spacial score (nSPS) is 21.9. The summed E-state index contributed by atoms with van der Waals surface area (Å²) in [5.74, 6) is 0. The maximum absolute atomic E-state index is 6.48. The van der Waals surface area contributed by atoms with Crippen LogP contribution in [0.25, 0.3) is 0 Å². The maximum atomic E-state index is 6.48. The van der Waals surface area contributed by atoms with Crippen molar-refractivity contribution < 1.29 is 4.74 Å². The predicted molar refractivity (Wildman–Crippen MR) is 87.3 cm³/mol. The van der Waals surface area contributed by atoms with Gasteiger partial charge in [0.15, 0.2) is 0 Å². The number of ether oxygens (including phenoxy) is 1. The van der Waals surface area contributed by atoms with Crippen LogP contribution in [0.1, 0.15) is 18.7 Å². The topological polar surface area (TPSA) is 59.6 Å². The number of nitrogens with zero attached hydrogens (tertiary/aromatic N) is 4. The number of likely N-dealkylation sites (N-methyl/N-ethyl adjacent to an activating group) is 2. The van der Waals surface area contributed by atoms with Crippen LogP contribution in [0, 0.1) is 0 Å². The lowest BCUT2D eigenvalue weighted by atomic mass is 10.1. The summed E-state index contributed by atoms with van der Waals surface area (Å²) >= 11 is 3.58. The molecule has 6 nitrogen and oxygen atoms in total. The molecule has 7 heteroatoms. The van der Waals surface area contributed by atoms with Crippen molar-refractivity contribution in [2.75, 3.05) is 46.9 Å². The molecule has 2 atom stereocenters. The summed E-state index contributed by atoms with van der Waals surface area (Å²) < 4.78 is 8.85. The molecule has 0 radical (unpaired) electrons. The largest absolute Gasteiger partial charge is 0.374 e. The fourth-order valence-electron chi connectivity index (χ4n) is 2.59. The zero-order valence-corrected chi connectivity index (χ0v) is 14.7. The minimum atomic E-state index is -0.168. The van der Waals surface area contributed by atoms with Crippen LogP contribution in [0.3, 0.4) is 0 Å². The highest BCUT2D eigenvalue weighted by molar-refractivity contribution is 9.10. The van der Waals surface area contributed by atoms with Crippen LogP contribution in [0.2, 0.25) is 0 Å². The zero-order valence-electron chi connectivity index (χ0n) is 13.1. The van der Waals surface area contributed by atoms with Gasteiger partial charge in [0.1, 0.15) is 0 Å². The third-order valence-electron chi connectivity index (χ3n) is 3.93. The molecular weight excluding hydrogens is 334 g/mol. The third kappa shape index (κ3) is 4.26. The molecule has 0 aliphatic carbocycles. The molecule has 0 amide bonds. The molecule has 0 aromatic carbocycles. The Hall–Kier alpha value is -0.470. The van der Waals surface area contributed by atoms with Crippen LogP contribution in [0.5, 0.6) is 0 Å². The Morgan fingerprint density at radius 1 is 1.57 bits per heavy atom. The molecular formula is C14H26BrN5O. The van der Waals surface area contributed by atoms with E-state index in [1.54, 1.807) is 0 Å². The molecule has 0 bridgehead atoms. The van der Waals surface area contributed by atoms with E-state index in [9.17, 15) is 0 Å². The SMILES string of the molecule is CCN1CCOC(C(N)c2c(Br)cnn2CCN(C)C)C1. The lowest BCUT2D eigenvalue weighted by Crippen LogP contribution is -2.47. The summed E-state index contributed by atoms with van der Waals surface area (Å²) in [6.45, 7) is 7.57. The first-order chi connectivity index (χ1) is 10.0. The van der Waals surface area contributed by atoms with Gasteiger partial charge < -0.3 is 15.4 Å². The van der Waals surface area contributed by atoms with Gasteiger partial charge in [-0.25, -0.2) is 0 Å². The summed E-state index contributed by atoms with van der Waals surface area (Å²) in [5, 5.41) is 4.44. The second kappa shape index (κ2) is 7.69. The molecule has 1 fully saturated rings. The van der Waals surface area contributed by atoms with Gasteiger partial charge in [-0.1, -0.05) is 6.92 Å². The summed E-state index contributed by atoms with van der Waals surface area (Å²) in [5.41, 5.74) is 7.51. The molecule has 120 valence electrons. The molecule has 2 heterocycles. The van der Waals surface area contributed by atoms with Crippen molar-refractivity contribution >= 4 is 15.9 Å². The van der Waals surface area contributed by atoms with Crippen LogP contribution >= 0.6 is 15.9 Å². The molecule has 2 unspecified atom stereocenters. The highest BCUT2D eigenvalue weighted by atomic mass is 79.9. The first-order valence-corrected chi connectivity index (χ1v) is 8.27. The number of nitrogens with two attached hydrogens (primary N) is 1. The molecule has 1 aliphatic rings. The van der Waals surface area contributed by atoms with Crippen molar-refractivity contribution in [2.24, 2.45) is 5.73 Å². The van der Waals surface area contributed by atoms with Crippen LogP contribution in [-0.2, 0) is 11.3 Å². The Morgan fingerprint density at radius 3 is 3.00 bits per heavy atom. The number of aromatic nitrogens is 2. The van der Waals surface area contributed by atoms with Crippen molar-refractivity contribution in [3.8, 4) is 0 Å². The van der Waals surface area contributed by atoms with Gasteiger partial charge in [-0.05, 0) is 36.6 Å². The number of hydrogen-bond donors (Lipinski definition) is 1. The van der Waals surface area contributed by atoms with E-state index in [4.69, 9.17) is 10.5 Å². The lowest BCUT2D eigenvalue weighted by molar-refractivity contribution is -0.0406. The van der Waals surface area contributed by atoms with E-state index >= 15 is 0 Å². The van der Waals surface area contributed by atoms with Gasteiger partial charge in [-0.15, -0.1) is 0 Å². The number of rotatable bonds is 6. The first kappa shape index (κ1) is 16.9. The second-order valence-corrected chi connectivity index (χ2v) is 6.59. The van der Waals surface area contributed by atoms with Crippen LogP contribution in [0.15, 0.2) is 10.7 Å². The fourth-order valence-corrected chi connectivity index (χ4v) is 3.15. The molecule has 2 N–H and O–H groups in total. The average Bonchev–Trinajstić information content (AvgIpc) is 2.85. The Labute approximate surface area is 135 Å². The molecule has 0 spiro atoms. The summed E-state index contributed by atoms with van der Waals surface area (Å²) in [4.78, 5) is 4.52. The van der Waals surface area contributed by atoms with E-state index < -0.39 is 0 Å². The summed E-state index contributed by atoms with van der Waals surface area (Å²) in [6.07, 6.45) is 1.84. The van der Waals surface area contributed by atoms with Crippen LogP contribution < -0.4 is 5.73 Å². The Kier molecular flexibility index (Phi) is 6.19. The molecule has 21 heavy (non-hydrogen) atoms. The quantitative estimate of drug-likeness (QED) is 0.818. The molecule has 1 aromatic rings. The lowest BCUT2D eigenvalue weighted by Gasteiger charge is -2.35. The zero-order chi connectivity index (χ0) is 15.4. The monoisotopic (exact) mass is 359 g/mol. The number of morpholine rings is 1. The Bertz CT molecular complexity index is 451. The average molecular weight is 360 g/mol. The molecule has 2 rings (SSSR count). The van der Waals surface area contributed by atoms with E-state index in [1.807, 2.05) is 10.9 Å². The van der Waals surface area contributed by atoms with Crippen molar-refractivity contribution in [2.45, 2.75) is 25.6 Å². The Morgan fingerprint density at radius 2 is 2.33 bits per heavy atom. The van der Waals surface area contributed by atoms with Crippen LogP contribution in [-0.4, -0.2) is 72.6 Å². The first-order valence-electron chi connectivity index (χ1n) is 7.48. The predicted octanol–water partition coefficient (Wildman–Crippen LogP) is 0.928. The summed E-state index contributed by atoms with van der Waals surface area (Å²) in [7, 11) is 4.11. The third-order valence-corrected chi connectivity index (χ3v) is 4.54. The maximum Gasteiger partial charge on any atom is 0.0910 e. The number of hydrogen-bond acceptors (Lipinski definition) is 5. The molecule has 0 saturated carbocycles. The van der Waals surface area contributed by atoms with Gasteiger partial charge in [0.05, 0.1) is 41.7 Å². The van der Waals surface area contributed by atoms with E-state index in [1.165, 1.54) is 0 Å². The van der Waals surface area contributed by atoms with Crippen molar-refractivity contribution in [3.05, 3.63) is 16.4 Å². The summed E-state index contributed by atoms with van der Waals surface area (Å²) in [6, 6.07) is -0.168. The fraction of sp³-hybridized carbons (Fsp3) is 0.786.